The van der Waals surface area contributed by atoms with Crippen molar-refractivity contribution in [2.75, 3.05) is 0 Å². The van der Waals surface area contributed by atoms with Crippen LogP contribution in [0.2, 0.25) is 0 Å². The Bertz CT molecular complexity index is 577. The molecule has 2 N–H and O–H groups in total. The van der Waals surface area contributed by atoms with Gasteiger partial charge in [-0.1, -0.05) is 38.1 Å². The summed E-state index contributed by atoms with van der Waals surface area (Å²) in [6.07, 6.45) is 3.37. The molecule has 22 heavy (non-hydrogen) atoms. The van der Waals surface area contributed by atoms with E-state index in [-0.39, 0.29) is 18.2 Å². The number of rotatable bonds is 4. The number of amidine groups is 2. The largest absolute Gasteiger partial charge is 0.382 e. The van der Waals surface area contributed by atoms with Crippen LogP contribution in [0.25, 0.3) is 0 Å². The molecule has 6 heteroatoms. The molecule has 0 atom stereocenters. The van der Waals surface area contributed by atoms with Crippen molar-refractivity contribution < 1.29 is 4.39 Å². The van der Waals surface area contributed by atoms with Crippen molar-refractivity contribution in [3.05, 3.63) is 47.4 Å². The summed E-state index contributed by atoms with van der Waals surface area (Å²) in [6, 6.07) is 6.46. The number of nitrogens with zero attached hydrogens (tertiary/aromatic N) is 3. The fraction of sp³-hybridized carbons (Fsp3) is 0.312. The Hall–Kier alpha value is -1.82. The van der Waals surface area contributed by atoms with Crippen molar-refractivity contribution in [3.8, 4) is 0 Å². The molecule has 0 bridgehead atoms. The molecule has 0 saturated carbocycles. The summed E-state index contributed by atoms with van der Waals surface area (Å²) in [4.78, 5) is 12.3. The number of benzene rings is 1. The molecule has 0 spiro atoms. The third-order valence-electron chi connectivity index (χ3n) is 2.35. The monoisotopic (exact) mass is 368 g/mol. The van der Waals surface area contributed by atoms with E-state index in [9.17, 15) is 4.39 Å². The SMILES string of the molecule is CC.CC=NC(=C\C)/C(N)=N/C(Br)=NCc1ccccc1F. The Kier molecular flexibility index (Phi) is 10.8. The molecule has 0 unspecified atom stereocenters. The molecular formula is C16H22BrFN4. The minimum atomic E-state index is -0.293. The molecule has 0 aromatic heterocycles. The molecule has 0 radical (unpaired) electrons. The van der Waals surface area contributed by atoms with Crippen LogP contribution in [0.15, 0.2) is 51.0 Å². The van der Waals surface area contributed by atoms with Crippen LogP contribution in [0.5, 0.6) is 0 Å². The maximum Gasteiger partial charge on any atom is 0.194 e. The summed E-state index contributed by atoms with van der Waals surface area (Å²) in [6.45, 7) is 7.79. The Morgan fingerprint density at radius 1 is 1.27 bits per heavy atom. The van der Waals surface area contributed by atoms with Crippen LogP contribution in [-0.2, 0) is 6.54 Å². The zero-order valence-electron chi connectivity index (χ0n) is 13.3. The second-order valence-corrected chi connectivity index (χ2v) is 4.44. The maximum atomic E-state index is 13.4. The highest BCUT2D eigenvalue weighted by atomic mass is 79.9. The number of halogens is 2. The Balaban J connectivity index is 0.00000211. The number of hydrogen-bond donors (Lipinski definition) is 1. The van der Waals surface area contributed by atoms with E-state index in [0.717, 1.165) is 0 Å². The molecule has 1 rings (SSSR count). The number of hydrogen-bond acceptors (Lipinski definition) is 2. The second-order valence-electron chi connectivity index (χ2n) is 3.73. The molecule has 0 aliphatic heterocycles. The highest BCUT2D eigenvalue weighted by Gasteiger charge is 2.02. The molecule has 0 saturated heterocycles. The summed E-state index contributed by atoms with van der Waals surface area (Å²) in [5.41, 5.74) is 6.85. The average Bonchev–Trinajstić information content (AvgIpc) is 2.53. The van der Waals surface area contributed by atoms with Gasteiger partial charge < -0.3 is 5.73 Å². The molecule has 0 heterocycles. The van der Waals surface area contributed by atoms with E-state index in [1.54, 1.807) is 37.4 Å². The van der Waals surface area contributed by atoms with Gasteiger partial charge in [-0.2, -0.15) is 0 Å². The van der Waals surface area contributed by atoms with Crippen LogP contribution >= 0.6 is 15.9 Å². The third kappa shape index (κ3) is 7.26. The topological polar surface area (TPSA) is 63.1 Å². The molecule has 0 aliphatic carbocycles. The van der Waals surface area contributed by atoms with Crippen LogP contribution in [0.3, 0.4) is 0 Å². The molecule has 1 aromatic carbocycles. The number of allylic oxidation sites excluding steroid dienone is 1. The summed E-state index contributed by atoms with van der Waals surface area (Å²) in [5, 5.41) is 0. The van der Waals surface area contributed by atoms with Crippen LogP contribution in [0.1, 0.15) is 33.3 Å². The lowest BCUT2D eigenvalue weighted by Gasteiger charge is -2.01. The summed E-state index contributed by atoms with van der Waals surface area (Å²) in [7, 11) is 0. The molecule has 0 aliphatic rings. The van der Waals surface area contributed by atoms with Gasteiger partial charge in [-0.25, -0.2) is 9.38 Å². The van der Waals surface area contributed by atoms with Gasteiger partial charge in [0.05, 0.1) is 6.54 Å². The number of aliphatic imine (C=N–C) groups is 3. The smallest absolute Gasteiger partial charge is 0.194 e. The first-order valence-electron chi connectivity index (χ1n) is 7.01. The predicted octanol–water partition coefficient (Wildman–Crippen LogP) is 4.45. The molecule has 0 amide bonds. The standard InChI is InChI=1S/C14H16BrFN4.C2H6/c1-3-12(18-4-2)13(17)20-14(15)19-9-10-7-5-6-8-11(10)16;1-2/h3-8H,9H2,1-2H3,(H2,17,19,20);1-2H3/b12-3-,18-4?;. The van der Waals surface area contributed by atoms with Crippen molar-refractivity contribution in [1.82, 2.24) is 0 Å². The highest BCUT2D eigenvalue weighted by Crippen LogP contribution is 2.09. The van der Waals surface area contributed by atoms with Crippen molar-refractivity contribution in [2.45, 2.75) is 34.2 Å². The minimum absolute atomic E-state index is 0.187. The third-order valence-corrected chi connectivity index (χ3v) is 2.78. The Morgan fingerprint density at radius 2 is 1.91 bits per heavy atom. The van der Waals surface area contributed by atoms with E-state index in [0.29, 0.717) is 16.0 Å². The zero-order valence-corrected chi connectivity index (χ0v) is 14.9. The Morgan fingerprint density at radius 3 is 2.45 bits per heavy atom. The van der Waals surface area contributed by atoms with Crippen molar-refractivity contribution in [1.29, 1.82) is 0 Å². The molecule has 4 nitrogen and oxygen atoms in total. The van der Waals surface area contributed by atoms with Crippen LogP contribution in [0, 0.1) is 5.82 Å². The molecule has 120 valence electrons. The second kappa shape index (κ2) is 11.8. The van der Waals surface area contributed by atoms with Gasteiger partial charge in [0.15, 0.2) is 10.6 Å². The highest BCUT2D eigenvalue weighted by molar-refractivity contribution is 9.18. The van der Waals surface area contributed by atoms with Gasteiger partial charge in [-0.3, -0.25) is 9.98 Å². The van der Waals surface area contributed by atoms with E-state index in [2.05, 4.69) is 30.9 Å². The maximum absolute atomic E-state index is 13.4. The normalized spacial score (nSPS) is 13.1. The lowest BCUT2D eigenvalue weighted by Crippen LogP contribution is -2.15. The molecular weight excluding hydrogens is 347 g/mol. The first-order chi connectivity index (χ1) is 10.6. The fourth-order valence-corrected chi connectivity index (χ4v) is 1.71. The van der Waals surface area contributed by atoms with Gasteiger partial charge in [0.2, 0.25) is 0 Å². The van der Waals surface area contributed by atoms with Gasteiger partial charge in [0, 0.05) is 11.8 Å². The van der Waals surface area contributed by atoms with E-state index in [4.69, 9.17) is 5.73 Å². The lowest BCUT2D eigenvalue weighted by atomic mass is 10.2. The van der Waals surface area contributed by atoms with Gasteiger partial charge in [0.25, 0.3) is 0 Å². The van der Waals surface area contributed by atoms with Gasteiger partial charge in [0.1, 0.15) is 11.5 Å². The van der Waals surface area contributed by atoms with Crippen LogP contribution in [-0.4, -0.2) is 16.8 Å². The predicted molar refractivity (Wildman–Crippen MR) is 97.4 cm³/mol. The Labute approximate surface area is 139 Å². The van der Waals surface area contributed by atoms with Crippen molar-refractivity contribution in [2.24, 2.45) is 20.7 Å². The summed E-state index contributed by atoms with van der Waals surface area (Å²) >= 11 is 3.19. The zero-order chi connectivity index (χ0) is 17.0. The van der Waals surface area contributed by atoms with E-state index in [1.165, 1.54) is 6.07 Å². The quantitative estimate of drug-likeness (QED) is 0.476. The summed E-state index contributed by atoms with van der Waals surface area (Å²) in [5.74, 6) is -0.0482. The summed E-state index contributed by atoms with van der Waals surface area (Å²) < 4.78 is 13.7. The van der Waals surface area contributed by atoms with Gasteiger partial charge in [-0.15, -0.1) is 0 Å². The lowest BCUT2D eigenvalue weighted by molar-refractivity contribution is 0.611. The first kappa shape index (κ1) is 20.2. The van der Waals surface area contributed by atoms with E-state index in [1.807, 2.05) is 20.8 Å². The fourth-order valence-electron chi connectivity index (χ4n) is 1.40. The van der Waals surface area contributed by atoms with E-state index < -0.39 is 0 Å². The van der Waals surface area contributed by atoms with Crippen molar-refractivity contribution >= 4 is 32.7 Å². The average molecular weight is 369 g/mol. The molecule has 0 fully saturated rings. The van der Waals surface area contributed by atoms with Crippen LogP contribution in [0.4, 0.5) is 4.39 Å². The van der Waals surface area contributed by atoms with Gasteiger partial charge >= 0.3 is 0 Å². The number of nitrogens with two attached hydrogens (primary N) is 1. The van der Waals surface area contributed by atoms with E-state index >= 15 is 0 Å². The first-order valence-corrected chi connectivity index (χ1v) is 7.80. The van der Waals surface area contributed by atoms with Crippen LogP contribution < -0.4 is 5.73 Å². The molecule has 1 aromatic rings. The van der Waals surface area contributed by atoms with Crippen molar-refractivity contribution in [3.63, 3.8) is 0 Å². The minimum Gasteiger partial charge on any atom is -0.382 e. The van der Waals surface area contributed by atoms with Gasteiger partial charge in [-0.05, 0) is 35.8 Å².